The Labute approximate surface area is 405 Å². The second-order valence-electron chi connectivity index (χ2n) is 20.1. The zero-order valence-electron chi connectivity index (χ0n) is 40.4. The second kappa shape index (κ2) is 19.0. The number of pyridine rings is 1. The Morgan fingerprint density at radius 3 is 2.70 bits per heavy atom. The van der Waals surface area contributed by atoms with Crippen LogP contribution >= 0.6 is 0 Å². The number of fused-ring (bicyclic) bond motifs is 9. The van der Waals surface area contributed by atoms with E-state index in [0.29, 0.717) is 47.5 Å². The molecule has 1 saturated carbocycles. The number of nitrogens with zero attached hydrogens (tertiary/aromatic N) is 1. The largest absolute Gasteiger partial charge is 0.508 e. The lowest BCUT2D eigenvalue weighted by atomic mass is 9.64. The molecule has 6 unspecified atom stereocenters. The van der Waals surface area contributed by atoms with Crippen molar-refractivity contribution in [2.45, 2.75) is 108 Å². The van der Waals surface area contributed by atoms with Gasteiger partial charge in [0.1, 0.15) is 48.1 Å². The van der Waals surface area contributed by atoms with E-state index in [1.165, 1.54) is 12.5 Å². The minimum absolute atomic E-state index is 0.0178. The number of aromatic nitrogens is 1. The van der Waals surface area contributed by atoms with Gasteiger partial charge in [-0.15, -0.1) is 0 Å². The van der Waals surface area contributed by atoms with Crippen molar-refractivity contribution in [3.63, 3.8) is 0 Å². The average molecular weight is 929 g/mol. The summed E-state index contributed by atoms with van der Waals surface area (Å²) in [5, 5.41) is 30.3. The summed E-state index contributed by atoms with van der Waals surface area (Å²) >= 11 is 0. The second-order valence-corrected chi connectivity index (χ2v) is 20.1. The number of hydrogen-bond acceptors (Lipinski definition) is 11. The standard InChI is InChI=1S/C58H64N4O7/c1-6-60-47-12-8-7-10-35(47)14-16-41-37-22-24-58(29-37)30-38-26-40(64)28-50(66-5)52(38)44-19-18-43-46(32-67-34(4)63)56(69-57(43)54(44)58)53-36(11-9-13-48-42(41)20-21-51(59)62-48)27-49(65)55-45(53)17-15-39(31-68-55)61-25-23-33(2)3/h7-8,10,12,15,17-21,26-28,33,37,39,41,46,56,60-61,64-65H,6,11,14,16,22-25,29-32H2,1-5H3,(H2,59,62). The molecular formula is C58H64N4O7. The molecule has 0 radical (unpaired) electrons. The quantitative estimate of drug-likeness (QED) is 0.0599. The van der Waals surface area contributed by atoms with E-state index < -0.39 is 17.4 Å². The fourth-order valence-corrected chi connectivity index (χ4v) is 12.2. The molecule has 0 amide bonds. The summed E-state index contributed by atoms with van der Waals surface area (Å²) in [6, 6.07) is 22.2. The smallest absolute Gasteiger partial charge is 0.302 e. The van der Waals surface area contributed by atoms with Gasteiger partial charge in [0.25, 0.3) is 0 Å². The minimum Gasteiger partial charge on any atom is -0.508 e. The van der Waals surface area contributed by atoms with Crippen LogP contribution in [0.4, 0.5) is 11.5 Å². The number of esters is 1. The first kappa shape index (κ1) is 46.1. The van der Waals surface area contributed by atoms with E-state index in [-0.39, 0.29) is 48.4 Å². The molecule has 11 heteroatoms. The van der Waals surface area contributed by atoms with Crippen molar-refractivity contribution in [2.75, 3.05) is 44.5 Å². The molecule has 358 valence electrons. The van der Waals surface area contributed by atoms with Crippen LogP contribution in [-0.4, -0.2) is 60.6 Å². The molecule has 69 heavy (non-hydrogen) atoms. The molecule has 11 nitrogen and oxygen atoms in total. The highest BCUT2D eigenvalue weighted by Crippen LogP contribution is 2.64. The molecule has 6 N–H and O–H groups in total. The predicted molar refractivity (Wildman–Crippen MR) is 270 cm³/mol. The molecule has 5 aliphatic rings. The molecule has 4 bridgehead atoms. The monoisotopic (exact) mass is 928 g/mol. The van der Waals surface area contributed by atoms with E-state index in [1.54, 1.807) is 19.2 Å². The van der Waals surface area contributed by atoms with Gasteiger partial charge in [-0.2, -0.15) is 0 Å². The van der Waals surface area contributed by atoms with Crippen LogP contribution in [0.2, 0.25) is 0 Å². The van der Waals surface area contributed by atoms with Gasteiger partial charge in [0.05, 0.1) is 19.1 Å². The van der Waals surface area contributed by atoms with Gasteiger partial charge in [-0.3, -0.25) is 4.79 Å². The lowest BCUT2D eigenvalue weighted by Gasteiger charge is -2.39. The number of carbonyl (C=O) groups is 1. The molecular weight excluding hydrogens is 865 g/mol. The Hall–Kier alpha value is -6.64. The van der Waals surface area contributed by atoms with Crippen LogP contribution in [0.5, 0.6) is 28.7 Å². The number of methoxy groups -OCH3 is 1. The predicted octanol–water partition coefficient (Wildman–Crippen LogP) is 10.3. The van der Waals surface area contributed by atoms with Gasteiger partial charge in [-0.1, -0.05) is 68.3 Å². The van der Waals surface area contributed by atoms with E-state index in [0.717, 1.165) is 108 Å². The third kappa shape index (κ3) is 8.73. The van der Waals surface area contributed by atoms with Crippen molar-refractivity contribution in [3.05, 3.63) is 123 Å². The maximum atomic E-state index is 12.7. The molecule has 6 atom stereocenters. The lowest BCUT2D eigenvalue weighted by molar-refractivity contribution is -0.141. The summed E-state index contributed by atoms with van der Waals surface area (Å²) < 4.78 is 26.2. The number of hydrogen-bond donors (Lipinski definition) is 5. The number of aromatic hydroxyl groups is 2. The summed E-state index contributed by atoms with van der Waals surface area (Å²) in [6.07, 6.45) is 9.81. The zero-order chi connectivity index (χ0) is 48.0. The van der Waals surface area contributed by atoms with Crippen molar-refractivity contribution in [3.8, 4) is 51.7 Å². The Balaban J connectivity index is 1.20. The van der Waals surface area contributed by atoms with Gasteiger partial charge in [0.15, 0.2) is 11.5 Å². The first-order valence-electron chi connectivity index (χ1n) is 24.8. The van der Waals surface area contributed by atoms with E-state index in [2.05, 4.69) is 91.8 Å². The Bertz CT molecular complexity index is 2900. The number of nitrogens with two attached hydrogens (primary N) is 1. The molecule has 3 aliphatic heterocycles. The number of nitrogen functional groups attached to an aromatic ring is 1. The third-order valence-corrected chi connectivity index (χ3v) is 15.3. The van der Waals surface area contributed by atoms with E-state index in [4.69, 9.17) is 29.7 Å². The number of carbonyl (C=O) groups excluding carboxylic acids is 1. The molecule has 2 aliphatic carbocycles. The number of aryl methyl sites for hydroxylation is 1. The van der Waals surface area contributed by atoms with Crippen LogP contribution in [0, 0.1) is 23.7 Å². The lowest BCUT2D eigenvalue weighted by Crippen LogP contribution is -2.33. The summed E-state index contributed by atoms with van der Waals surface area (Å²) in [5.41, 5.74) is 17.6. The van der Waals surface area contributed by atoms with E-state index in [9.17, 15) is 15.0 Å². The van der Waals surface area contributed by atoms with Crippen LogP contribution in [-0.2, 0) is 34.2 Å². The number of phenols is 2. The number of benzene rings is 4. The highest BCUT2D eigenvalue weighted by molar-refractivity contribution is 5.84. The van der Waals surface area contributed by atoms with Crippen LogP contribution in [0.1, 0.15) is 128 Å². The maximum absolute atomic E-state index is 12.7. The van der Waals surface area contributed by atoms with Crippen molar-refractivity contribution in [1.29, 1.82) is 0 Å². The maximum Gasteiger partial charge on any atom is 0.302 e. The van der Waals surface area contributed by atoms with Gasteiger partial charge in [0, 0.05) is 64.9 Å². The highest BCUT2D eigenvalue weighted by Gasteiger charge is 2.52. The number of para-hydroxylation sites is 1. The van der Waals surface area contributed by atoms with E-state index in [1.807, 2.05) is 18.2 Å². The molecule has 1 spiro atoms. The number of anilines is 2. The average Bonchev–Trinajstić information content (AvgIpc) is 3.83. The molecule has 5 aromatic rings. The summed E-state index contributed by atoms with van der Waals surface area (Å²) in [4.78, 5) is 17.7. The Morgan fingerprint density at radius 1 is 1.04 bits per heavy atom. The van der Waals surface area contributed by atoms with Gasteiger partial charge < -0.3 is 45.5 Å². The molecule has 1 aromatic heterocycles. The fraction of sp³-hybridized carbons (Fsp3) is 0.414. The van der Waals surface area contributed by atoms with Crippen LogP contribution in [0.15, 0.2) is 72.8 Å². The van der Waals surface area contributed by atoms with Gasteiger partial charge in [-0.05, 0) is 134 Å². The normalized spacial score (nSPS) is 22.5. The highest BCUT2D eigenvalue weighted by atomic mass is 16.5. The van der Waals surface area contributed by atoms with E-state index >= 15 is 0 Å². The first-order chi connectivity index (χ1) is 33.4. The van der Waals surface area contributed by atoms with Crippen molar-refractivity contribution < 1.29 is 34.0 Å². The number of phenolic OH excluding ortho intramolecular Hbond substituents is 2. The fourth-order valence-electron chi connectivity index (χ4n) is 12.2. The Kier molecular flexibility index (Phi) is 12.7. The van der Waals surface area contributed by atoms with Crippen molar-refractivity contribution in [2.24, 2.45) is 11.8 Å². The van der Waals surface area contributed by atoms with Crippen LogP contribution in [0.25, 0.3) is 17.2 Å². The Morgan fingerprint density at radius 2 is 1.88 bits per heavy atom. The zero-order valence-corrected chi connectivity index (χ0v) is 40.4. The summed E-state index contributed by atoms with van der Waals surface area (Å²) in [7, 11) is 1.65. The molecule has 4 heterocycles. The van der Waals surface area contributed by atoms with Crippen LogP contribution in [0.3, 0.4) is 0 Å². The third-order valence-electron chi connectivity index (χ3n) is 15.3. The number of nitrogens with one attached hydrogen (secondary N) is 2. The van der Waals surface area contributed by atoms with Gasteiger partial charge in [-0.25, -0.2) is 4.98 Å². The molecule has 0 saturated heterocycles. The van der Waals surface area contributed by atoms with Crippen molar-refractivity contribution in [1.82, 2.24) is 10.3 Å². The van der Waals surface area contributed by atoms with Crippen LogP contribution < -0.4 is 30.6 Å². The summed E-state index contributed by atoms with van der Waals surface area (Å²) in [6.45, 7) is 10.0. The molecule has 10 rings (SSSR count). The number of rotatable bonds is 12. The van der Waals surface area contributed by atoms with Crippen molar-refractivity contribution >= 4 is 23.6 Å². The first-order valence-corrected chi connectivity index (χ1v) is 24.8. The molecule has 1 fully saturated rings. The summed E-state index contributed by atoms with van der Waals surface area (Å²) in [5.74, 6) is 9.43. The van der Waals surface area contributed by atoms with Gasteiger partial charge in [0.2, 0.25) is 0 Å². The number of ether oxygens (including phenoxy) is 4. The molecule has 4 aromatic carbocycles. The van der Waals surface area contributed by atoms with Gasteiger partial charge >= 0.3 is 5.97 Å². The topological polar surface area (TPSA) is 157 Å². The SMILES string of the molecule is CCNc1ccccc1CCC1c2ccc(N)nc2C#CCc2cc(O)c3c(c2C2Oc4c(ccc5c4C4(CCC1C4)Cc1cc(O)cc(OC)c1-5)C2COC(C)=O)C=CC(NCCC(C)C)CO3. The minimum atomic E-state index is -0.649.